The molecule has 3 N–H and O–H groups in total. The highest BCUT2D eigenvalue weighted by Gasteiger charge is 2.59. The van der Waals surface area contributed by atoms with Gasteiger partial charge in [-0.25, -0.2) is 9.69 Å². The SMILES string of the molecule is CCCCCCCCCCCC1(C)NC(=O)N(C(N)(C2CCCC2)C2CCCC2)C1=O. The summed E-state index contributed by atoms with van der Waals surface area (Å²) in [7, 11) is 0. The molecule has 0 aromatic rings. The Morgan fingerprint density at radius 1 is 0.871 bits per heavy atom. The van der Waals surface area contributed by atoms with E-state index < -0.39 is 11.2 Å². The van der Waals surface area contributed by atoms with Gasteiger partial charge in [0.05, 0.1) is 0 Å². The highest BCUT2D eigenvalue weighted by Crippen LogP contribution is 2.47. The molecule has 5 nitrogen and oxygen atoms in total. The molecule has 1 atom stereocenters. The molecule has 1 heterocycles. The summed E-state index contributed by atoms with van der Waals surface area (Å²) in [5, 5.41) is 3.07. The number of amides is 3. The average Bonchev–Trinajstić information content (AvgIpc) is 3.50. The molecule has 3 rings (SSSR count). The minimum atomic E-state index is -0.801. The smallest absolute Gasteiger partial charge is 0.323 e. The number of imide groups is 1. The van der Waals surface area contributed by atoms with Crippen molar-refractivity contribution in [3.8, 4) is 0 Å². The molecule has 0 aromatic carbocycles. The van der Waals surface area contributed by atoms with Gasteiger partial charge in [-0.05, 0) is 50.9 Å². The Balaban J connectivity index is 1.55. The van der Waals surface area contributed by atoms with Crippen molar-refractivity contribution in [3.05, 3.63) is 0 Å². The number of carbonyl (C=O) groups is 2. The Bertz CT molecular complexity index is 579. The van der Waals surface area contributed by atoms with Gasteiger partial charge in [0.2, 0.25) is 0 Å². The van der Waals surface area contributed by atoms with Crippen molar-refractivity contribution in [2.24, 2.45) is 17.6 Å². The maximum atomic E-state index is 13.6. The summed E-state index contributed by atoms with van der Waals surface area (Å²) in [5.41, 5.74) is 5.51. The van der Waals surface area contributed by atoms with Crippen LogP contribution in [0.3, 0.4) is 0 Å². The van der Waals surface area contributed by atoms with Crippen LogP contribution in [0.5, 0.6) is 0 Å². The number of unbranched alkanes of at least 4 members (excludes halogenated alkanes) is 8. The lowest BCUT2D eigenvalue weighted by Crippen LogP contribution is -2.66. The fraction of sp³-hybridized carbons (Fsp3) is 0.923. The summed E-state index contributed by atoms with van der Waals surface area (Å²) in [6.45, 7) is 4.17. The number of nitrogens with two attached hydrogens (primary N) is 1. The quantitative estimate of drug-likeness (QED) is 0.266. The second kappa shape index (κ2) is 11.2. The van der Waals surface area contributed by atoms with Crippen LogP contribution in [-0.4, -0.2) is 28.0 Å². The Labute approximate surface area is 190 Å². The fourth-order valence-electron chi connectivity index (χ4n) is 6.47. The van der Waals surface area contributed by atoms with E-state index in [9.17, 15) is 9.59 Å². The zero-order valence-corrected chi connectivity index (χ0v) is 20.2. The van der Waals surface area contributed by atoms with Crippen LogP contribution < -0.4 is 11.1 Å². The molecule has 0 spiro atoms. The number of urea groups is 1. The number of rotatable bonds is 13. The lowest BCUT2D eigenvalue weighted by molar-refractivity contribution is -0.139. The Hall–Kier alpha value is -1.10. The van der Waals surface area contributed by atoms with E-state index in [2.05, 4.69) is 12.2 Å². The average molecular weight is 434 g/mol. The maximum Gasteiger partial charge on any atom is 0.326 e. The molecule has 178 valence electrons. The predicted octanol–water partition coefficient (Wildman–Crippen LogP) is 6.25. The zero-order chi connectivity index (χ0) is 22.3. The summed E-state index contributed by atoms with van der Waals surface area (Å²) < 4.78 is 0. The van der Waals surface area contributed by atoms with Gasteiger partial charge in [0.1, 0.15) is 11.2 Å². The second-order valence-corrected chi connectivity index (χ2v) is 10.8. The molecule has 0 bridgehead atoms. The fourth-order valence-corrected chi connectivity index (χ4v) is 6.47. The van der Waals surface area contributed by atoms with Gasteiger partial charge in [-0.2, -0.15) is 0 Å². The van der Waals surface area contributed by atoms with Crippen molar-refractivity contribution in [1.29, 1.82) is 0 Å². The molecule has 3 amide bonds. The van der Waals surface area contributed by atoms with Crippen LogP contribution in [0.15, 0.2) is 0 Å². The topological polar surface area (TPSA) is 75.4 Å². The minimum absolute atomic E-state index is 0.0710. The number of nitrogens with zero attached hydrogens (tertiary/aromatic N) is 1. The van der Waals surface area contributed by atoms with Gasteiger partial charge in [-0.15, -0.1) is 0 Å². The molecular weight excluding hydrogens is 386 g/mol. The first-order valence-electron chi connectivity index (χ1n) is 13.4. The van der Waals surface area contributed by atoms with Gasteiger partial charge in [0.15, 0.2) is 0 Å². The molecule has 31 heavy (non-hydrogen) atoms. The van der Waals surface area contributed by atoms with E-state index in [0.717, 1.165) is 70.6 Å². The van der Waals surface area contributed by atoms with Crippen LogP contribution in [0, 0.1) is 11.8 Å². The summed E-state index contributed by atoms with van der Waals surface area (Å²) in [6, 6.07) is -0.246. The van der Waals surface area contributed by atoms with Gasteiger partial charge in [0.25, 0.3) is 5.91 Å². The van der Waals surface area contributed by atoms with Crippen molar-refractivity contribution in [3.63, 3.8) is 0 Å². The van der Waals surface area contributed by atoms with E-state index in [-0.39, 0.29) is 23.8 Å². The predicted molar refractivity (Wildman–Crippen MR) is 126 cm³/mol. The molecule has 1 saturated heterocycles. The Morgan fingerprint density at radius 3 is 1.81 bits per heavy atom. The number of hydrogen-bond acceptors (Lipinski definition) is 3. The molecule has 2 aliphatic carbocycles. The molecule has 0 radical (unpaired) electrons. The summed E-state index contributed by atoms with van der Waals surface area (Å²) >= 11 is 0. The molecule has 3 fully saturated rings. The largest absolute Gasteiger partial charge is 0.326 e. The third-order valence-corrected chi connectivity index (χ3v) is 8.45. The lowest BCUT2D eigenvalue weighted by atomic mass is 9.78. The van der Waals surface area contributed by atoms with Gasteiger partial charge >= 0.3 is 6.03 Å². The van der Waals surface area contributed by atoms with Gasteiger partial charge < -0.3 is 11.1 Å². The Morgan fingerprint density at radius 2 is 1.32 bits per heavy atom. The van der Waals surface area contributed by atoms with Gasteiger partial charge in [0, 0.05) is 0 Å². The maximum absolute atomic E-state index is 13.6. The minimum Gasteiger partial charge on any atom is -0.323 e. The first-order chi connectivity index (χ1) is 14.9. The van der Waals surface area contributed by atoms with Crippen molar-refractivity contribution in [2.75, 3.05) is 0 Å². The Kier molecular flexibility index (Phi) is 8.83. The molecule has 1 unspecified atom stereocenters. The van der Waals surface area contributed by atoms with E-state index in [4.69, 9.17) is 5.73 Å². The second-order valence-electron chi connectivity index (χ2n) is 10.8. The van der Waals surface area contributed by atoms with Crippen molar-refractivity contribution in [1.82, 2.24) is 10.2 Å². The number of carbonyl (C=O) groups excluding carboxylic acids is 2. The van der Waals surface area contributed by atoms with Gasteiger partial charge in [-0.3, -0.25) is 4.79 Å². The first-order valence-corrected chi connectivity index (χ1v) is 13.4. The van der Waals surface area contributed by atoms with E-state index in [0.29, 0.717) is 0 Å². The number of nitrogens with one attached hydrogen (secondary N) is 1. The van der Waals surface area contributed by atoms with Gasteiger partial charge in [-0.1, -0.05) is 90.4 Å². The number of hydrogen-bond donors (Lipinski definition) is 2. The van der Waals surface area contributed by atoms with Crippen LogP contribution in [0.4, 0.5) is 4.79 Å². The zero-order valence-electron chi connectivity index (χ0n) is 20.2. The van der Waals surface area contributed by atoms with E-state index in [1.807, 2.05) is 6.92 Å². The van der Waals surface area contributed by atoms with E-state index >= 15 is 0 Å². The van der Waals surface area contributed by atoms with Crippen molar-refractivity contribution < 1.29 is 9.59 Å². The molecule has 3 aliphatic rings. The standard InChI is InChI=1S/C26H47N3O2/c1-3-4-5-6-7-8-9-10-15-20-25(2)23(30)29(24(31)28-25)26(27,21-16-11-12-17-21)22-18-13-14-19-22/h21-22H,3-20,27H2,1-2H3,(H,28,31). The normalized spacial score (nSPS) is 25.7. The van der Waals surface area contributed by atoms with E-state index in [1.54, 1.807) is 0 Å². The monoisotopic (exact) mass is 433 g/mol. The van der Waals surface area contributed by atoms with Crippen LogP contribution in [-0.2, 0) is 4.79 Å². The van der Waals surface area contributed by atoms with E-state index in [1.165, 1.54) is 49.8 Å². The molecule has 1 aliphatic heterocycles. The summed E-state index contributed by atoms with van der Waals surface area (Å²) in [5.74, 6) is 0.430. The highest BCUT2D eigenvalue weighted by molar-refractivity contribution is 6.07. The molecule has 2 saturated carbocycles. The van der Waals surface area contributed by atoms with Crippen LogP contribution in [0.2, 0.25) is 0 Å². The van der Waals surface area contributed by atoms with Crippen LogP contribution in [0.25, 0.3) is 0 Å². The first kappa shape index (κ1) is 24.5. The van der Waals surface area contributed by atoms with Crippen molar-refractivity contribution >= 4 is 11.9 Å². The van der Waals surface area contributed by atoms with Crippen LogP contribution >= 0.6 is 0 Å². The third-order valence-electron chi connectivity index (χ3n) is 8.45. The van der Waals surface area contributed by atoms with Crippen molar-refractivity contribution in [2.45, 2.75) is 141 Å². The third kappa shape index (κ3) is 5.46. The molecule has 0 aromatic heterocycles. The van der Waals surface area contributed by atoms with Crippen LogP contribution in [0.1, 0.15) is 129 Å². The summed E-state index contributed by atoms with van der Waals surface area (Å²) in [6.07, 6.45) is 20.8. The lowest BCUT2D eigenvalue weighted by Gasteiger charge is -2.46. The highest BCUT2D eigenvalue weighted by atomic mass is 16.2. The molecule has 5 heteroatoms. The molecular formula is C26H47N3O2. The summed E-state index contributed by atoms with van der Waals surface area (Å²) in [4.78, 5) is 28.3.